The van der Waals surface area contributed by atoms with Crippen molar-refractivity contribution in [3.8, 4) is 0 Å². The lowest BCUT2D eigenvalue weighted by Crippen LogP contribution is -2.29. The van der Waals surface area contributed by atoms with Gasteiger partial charge in [-0.25, -0.2) is 4.39 Å². The Bertz CT molecular complexity index is 411. The Hall–Kier alpha value is -1.09. The highest BCUT2D eigenvalue weighted by Gasteiger charge is 2.34. The van der Waals surface area contributed by atoms with E-state index in [0.29, 0.717) is 12.6 Å². The molecule has 0 spiro atoms. The van der Waals surface area contributed by atoms with Crippen molar-refractivity contribution in [2.24, 2.45) is 11.7 Å². The first kappa shape index (κ1) is 11.0. The number of halogens is 1. The number of hydrogen-bond acceptors (Lipinski definition) is 2. The number of nitrogens with zero attached hydrogens (tertiary/aromatic N) is 1. The molecule has 2 saturated carbocycles. The van der Waals surface area contributed by atoms with Crippen LogP contribution >= 0.6 is 0 Å². The Morgan fingerprint density at radius 2 is 2.00 bits per heavy atom. The van der Waals surface area contributed by atoms with Gasteiger partial charge in [-0.1, -0.05) is 0 Å². The molecule has 0 atom stereocenters. The quantitative estimate of drug-likeness (QED) is 0.848. The molecule has 2 nitrogen and oxygen atoms in total. The fraction of sp³-hybridized carbons (Fsp3) is 0.571. The standard InChI is InChI=1S/C14H19FN2/c15-12-3-6-14(11(7-12)8-16)17(13-4-5-13)9-10-1-2-10/h3,6-7,10,13H,1-2,4-5,8-9,16H2. The maximum absolute atomic E-state index is 13.2. The summed E-state index contributed by atoms with van der Waals surface area (Å²) in [6.07, 6.45) is 5.24. The molecule has 1 aromatic carbocycles. The van der Waals surface area contributed by atoms with E-state index < -0.39 is 0 Å². The first-order chi connectivity index (χ1) is 8.28. The Morgan fingerprint density at radius 1 is 1.24 bits per heavy atom. The molecule has 2 aliphatic rings. The molecule has 3 heteroatoms. The van der Waals surface area contributed by atoms with Gasteiger partial charge in [0, 0.05) is 24.8 Å². The van der Waals surface area contributed by atoms with Crippen molar-refractivity contribution >= 4 is 5.69 Å². The smallest absolute Gasteiger partial charge is 0.123 e. The van der Waals surface area contributed by atoms with E-state index in [4.69, 9.17) is 5.73 Å². The summed E-state index contributed by atoms with van der Waals surface area (Å²) in [6.45, 7) is 1.55. The van der Waals surface area contributed by atoms with Gasteiger partial charge < -0.3 is 10.6 Å². The largest absolute Gasteiger partial charge is 0.368 e. The van der Waals surface area contributed by atoms with Gasteiger partial charge in [0.15, 0.2) is 0 Å². The van der Waals surface area contributed by atoms with E-state index in [1.54, 1.807) is 12.1 Å². The van der Waals surface area contributed by atoms with Crippen LogP contribution in [0.5, 0.6) is 0 Å². The number of nitrogens with two attached hydrogens (primary N) is 1. The van der Waals surface area contributed by atoms with Crippen molar-refractivity contribution in [3.05, 3.63) is 29.6 Å². The molecule has 2 N–H and O–H groups in total. The van der Waals surface area contributed by atoms with E-state index >= 15 is 0 Å². The molecular weight excluding hydrogens is 215 g/mol. The minimum Gasteiger partial charge on any atom is -0.368 e. The lowest BCUT2D eigenvalue weighted by atomic mass is 10.1. The highest BCUT2D eigenvalue weighted by molar-refractivity contribution is 5.55. The summed E-state index contributed by atoms with van der Waals surface area (Å²) in [7, 11) is 0. The summed E-state index contributed by atoms with van der Waals surface area (Å²) < 4.78 is 13.2. The van der Waals surface area contributed by atoms with E-state index in [-0.39, 0.29) is 5.82 Å². The summed E-state index contributed by atoms with van der Waals surface area (Å²) in [5, 5.41) is 0. The molecule has 0 radical (unpaired) electrons. The van der Waals surface area contributed by atoms with Crippen LogP contribution < -0.4 is 10.6 Å². The third-order valence-electron chi connectivity index (χ3n) is 3.71. The zero-order valence-corrected chi connectivity index (χ0v) is 10.0. The lowest BCUT2D eigenvalue weighted by molar-refractivity contribution is 0.624. The van der Waals surface area contributed by atoms with Gasteiger partial charge in [0.25, 0.3) is 0 Å². The van der Waals surface area contributed by atoms with Crippen LogP contribution in [0.25, 0.3) is 0 Å². The van der Waals surface area contributed by atoms with Gasteiger partial charge in [-0.15, -0.1) is 0 Å². The van der Waals surface area contributed by atoms with Crippen molar-refractivity contribution in [1.82, 2.24) is 0 Å². The zero-order valence-electron chi connectivity index (χ0n) is 10.0. The highest BCUT2D eigenvalue weighted by atomic mass is 19.1. The summed E-state index contributed by atoms with van der Waals surface area (Å²) >= 11 is 0. The maximum Gasteiger partial charge on any atom is 0.123 e. The van der Waals surface area contributed by atoms with Crippen molar-refractivity contribution in [3.63, 3.8) is 0 Å². The van der Waals surface area contributed by atoms with Crippen molar-refractivity contribution < 1.29 is 4.39 Å². The average molecular weight is 234 g/mol. The third-order valence-corrected chi connectivity index (χ3v) is 3.71. The lowest BCUT2D eigenvalue weighted by Gasteiger charge is -2.27. The van der Waals surface area contributed by atoms with Crippen molar-refractivity contribution in [2.75, 3.05) is 11.4 Å². The average Bonchev–Trinajstić information content (AvgIpc) is 3.18. The van der Waals surface area contributed by atoms with E-state index in [9.17, 15) is 4.39 Å². The van der Waals surface area contributed by atoms with Gasteiger partial charge >= 0.3 is 0 Å². The van der Waals surface area contributed by atoms with E-state index in [0.717, 1.165) is 23.7 Å². The van der Waals surface area contributed by atoms with Crippen LogP contribution in [0.3, 0.4) is 0 Å². The molecule has 0 amide bonds. The minimum atomic E-state index is -0.184. The van der Waals surface area contributed by atoms with E-state index in [2.05, 4.69) is 4.90 Å². The molecule has 0 saturated heterocycles. The second kappa shape index (κ2) is 4.30. The van der Waals surface area contributed by atoms with E-state index in [1.165, 1.54) is 25.7 Å². The molecule has 0 bridgehead atoms. The van der Waals surface area contributed by atoms with Gasteiger partial charge in [-0.05, 0) is 55.4 Å². The summed E-state index contributed by atoms with van der Waals surface area (Å²) in [4.78, 5) is 2.46. The predicted molar refractivity (Wildman–Crippen MR) is 67.4 cm³/mol. The minimum absolute atomic E-state index is 0.184. The first-order valence-corrected chi connectivity index (χ1v) is 6.53. The first-order valence-electron chi connectivity index (χ1n) is 6.53. The van der Waals surface area contributed by atoms with Crippen LogP contribution in [0, 0.1) is 11.7 Å². The van der Waals surface area contributed by atoms with Crippen LogP contribution in [0.1, 0.15) is 31.2 Å². The maximum atomic E-state index is 13.2. The molecule has 0 aromatic heterocycles. The van der Waals surface area contributed by atoms with Crippen LogP contribution in [0.2, 0.25) is 0 Å². The molecule has 92 valence electrons. The van der Waals surface area contributed by atoms with Crippen LogP contribution in [0.4, 0.5) is 10.1 Å². The number of hydrogen-bond donors (Lipinski definition) is 1. The second-order valence-electron chi connectivity index (χ2n) is 5.30. The van der Waals surface area contributed by atoms with Gasteiger partial charge in [-0.3, -0.25) is 0 Å². The molecule has 2 aliphatic carbocycles. The van der Waals surface area contributed by atoms with Gasteiger partial charge in [0.1, 0.15) is 5.82 Å². The normalized spacial score (nSPS) is 19.4. The Labute approximate surface area is 102 Å². The Morgan fingerprint density at radius 3 is 2.59 bits per heavy atom. The molecular formula is C14H19FN2. The van der Waals surface area contributed by atoms with Crippen molar-refractivity contribution in [1.29, 1.82) is 0 Å². The van der Waals surface area contributed by atoms with Crippen LogP contribution in [0.15, 0.2) is 18.2 Å². The fourth-order valence-electron chi connectivity index (χ4n) is 2.41. The van der Waals surface area contributed by atoms with E-state index in [1.807, 2.05) is 6.07 Å². The van der Waals surface area contributed by atoms with Gasteiger partial charge in [0.2, 0.25) is 0 Å². The fourth-order valence-corrected chi connectivity index (χ4v) is 2.41. The Kier molecular flexibility index (Phi) is 2.79. The molecule has 0 unspecified atom stereocenters. The third kappa shape index (κ3) is 2.44. The number of rotatable bonds is 5. The molecule has 2 fully saturated rings. The second-order valence-corrected chi connectivity index (χ2v) is 5.30. The molecule has 1 aromatic rings. The molecule has 17 heavy (non-hydrogen) atoms. The SMILES string of the molecule is NCc1cc(F)ccc1N(CC1CC1)C1CC1. The highest BCUT2D eigenvalue weighted by Crippen LogP contribution is 2.38. The summed E-state index contributed by atoms with van der Waals surface area (Å²) in [6, 6.07) is 5.71. The van der Waals surface area contributed by atoms with Gasteiger partial charge in [-0.2, -0.15) is 0 Å². The predicted octanol–water partition coefficient (Wildman–Crippen LogP) is 2.66. The van der Waals surface area contributed by atoms with Crippen LogP contribution in [-0.4, -0.2) is 12.6 Å². The van der Waals surface area contributed by atoms with Crippen molar-refractivity contribution in [2.45, 2.75) is 38.3 Å². The topological polar surface area (TPSA) is 29.3 Å². The molecule has 3 rings (SSSR count). The molecule has 0 heterocycles. The van der Waals surface area contributed by atoms with Crippen LogP contribution in [-0.2, 0) is 6.54 Å². The number of benzene rings is 1. The monoisotopic (exact) mass is 234 g/mol. The number of anilines is 1. The zero-order chi connectivity index (χ0) is 11.8. The Balaban J connectivity index is 1.87. The summed E-state index contributed by atoms with van der Waals surface area (Å²) in [5.74, 6) is 0.669. The van der Waals surface area contributed by atoms with Gasteiger partial charge in [0.05, 0.1) is 0 Å². The molecule has 0 aliphatic heterocycles. The summed E-state index contributed by atoms with van der Waals surface area (Å²) in [5.41, 5.74) is 7.83.